The Kier molecular flexibility index (Phi) is 4.73. The van der Waals surface area contributed by atoms with Gasteiger partial charge in [0.15, 0.2) is 0 Å². The van der Waals surface area contributed by atoms with Crippen molar-refractivity contribution in [1.29, 1.82) is 0 Å². The fourth-order valence-electron chi connectivity index (χ4n) is 2.87. The summed E-state index contributed by atoms with van der Waals surface area (Å²) in [5.41, 5.74) is 0.614. The third kappa shape index (κ3) is 3.43. The molecule has 0 aliphatic carbocycles. The largest absolute Gasteiger partial charge is 0.495 e. The molecule has 2 heterocycles. The second kappa shape index (κ2) is 6.76. The highest BCUT2D eigenvalue weighted by molar-refractivity contribution is 6.31. The first kappa shape index (κ1) is 16.1. The number of hydrogen-bond acceptors (Lipinski definition) is 4. The molecule has 0 spiro atoms. The number of anilines is 1. The number of rotatable bonds is 5. The topological polar surface area (TPSA) is 70.7 Å². The third-order valence-corrected chi connectivity index (χ3v) is 4.59. The number of carbonyl (C=O) groups is 2. The van der Waals surface area contributed by atoms with Gasteiger partial charge in [0.05, 0.1) is 18.7 Å². The van der Waals surface area contributed by atoms with Gasteiger partial charge in [-0.05, 0) is 18.2 Å². The van der Waals surface area contributed by atoms with E-state index in [0.29, 0.717) is 35.5 Å². The minimum absolute atomic E-state index is 0.0613. The lowest BCUT2D eigenvalue weighted by Crippen LogP contribution is -2.49. The van der Waals surface area contributed by atoms with Gasteiger partial charge in [-0.25, -0.2) is 0 Å². The fraction of sp³-hybridized carbons (Fsp3) is 0.500. The smallest absolute Gasteiger partial charge is 0.227 e. The summed E-state index contributed by atoms with van der Waals surface area (Å²) in [6, 6.07) is 5.13. The maximum absolute atomic E-state index is 12.3. The van der Waals surface area contributed by atoms with Crippen LogP contribution in [0.3, 0.4) is 0 Å². The van der Waals surface area contributed by atoms with Crippen LogP contribution in [0.4, 0.5) is 5.69 Å². The van der Waals surface area contributed by atoms with E-state index in [2.05, 4.69) is 10.6 Å². The molecule has 2 aliphatic rings. The van der Waals surface area contributed by atoms with Gasteiger partial charge >= 0.3 is 0 Å². The lowest BCUT2D eigenvalue weighted by Gasteiger charge is -2.27. The molecule has 1 unspecified atom stereocenters. The third-order valence-electron chi connectivity index (χ3n) is 4.36. The second-order valence-electron chi connectivity index (χ2n) is 5.99. The molecule has 1 aromatic carbocycles. The van der Waals surface area contributed by atoms with Crippen LogP contribution in [0.5, 0.6) is 5.75 Å². The van der Waals surface area contributed by atoms with Crippen molar-refractivity contribution in [3.63, 3.8) is 0 Å². The van der Waals surface area contributed by atoms with Crippen LogP contribution in [0.2, 0.25) is 5.02 Å². The number of methoxy groups -OCH3 is 1. The van der Waals surface area contributed by atoms with Crippen molar-refractivity contribution in [3.05, 3.63) is 23.2 Å². The monoisotopic (exact) mass is 337 g/mol. The molecule has 6 nitrogen and oxygen atoms in total. The average molecular weight is 338 g/mol. The van der Waals surface area contributed by atoms with Crippen LogP contribution < -0.4 is 20.3 Å². The first-order chi connectivity index (χ1) is 11.1. The van der Waals surface area contributed by atoms with E-state index in [0.717, 1.165) is 13.1 Å². The summed E-state index contributed by atoms with van der Waals surface area (Å²) in [4.78, 5) is 26.2. The Morgan fingerprint density at radius 1 is 1.48 bits per heavy atom. The van der Waals surface area contributed by atoms with Crippen LogP contribution in [0.15, 0.2) is 18.2 Å². The molecule has 2 aliphatic heterocycles. The molecule has 23 heavy (non-hydrogen) atoms. The van der Waals surface area contributed by atoms with E-state index in [9.17, 15) is 9.59 Å². The van der Waals surface area contributed by atoms with Crippen molar-refractivity contribution >= 4 is 29.1 Å². The van der Waals surface area contributed by atoms with Crippen LogP contribution >= 0.6 is 11.6 Å². The zero-order valence-corrected chi connectivity index (χ0v) is 13.7. The van der Waals surface area contributed by atoms with Gasteiger partial charge < -0.3 is 20.3 Å². The van der Waals surface area contributed by atoms with Gasteiger partial charge in [0.25, 0.3) is 0 Å². The molecular weight excluding hydrogens is 318 g/mol. The van der Waals surface area contributed by atoms with E-state index in [-0.39, 0.29) is 24.2 Å². The number of carbonyl (C=O) groups excluding carboxylic acids is 2. The van der Waals surface area contributed by atoms with Gasteiger partial charge in [-0.15, -0.1) is 0 Å². The van der Waals surface area contributed by atoms with Crippen molar-refractivity contribution < 1.29 is 14.3 Å². The highest BCUT2D eigenvalue weighted by Gasteiger charge is 2.36. The van der Waals surface area contributed by atoms with Gasteiger partial charge in [0, 0.05) is 43.5 Å². The molecule has 0 saturated carbocycles. The van der Waals surface area contributed by atoms with Crippen molar-refractivity contribution in [3.8, 4) is 5.75 Å². The number of hydrogen-bond donors (Lipinski definition) is 2. The summed E-state index contributed by atoms with van der Waals surface area (Å²) in [5, 5.41) is 6.64. The SMILES string of the molecule is COc1ccc(Cl)cc1N1CC(C(=O)NCC2CNC2)CC1=O. The Bertz CT molecular complexity index is 619. The van der Waals surface area contributed by atoms with Crippen molar-refractivity contribution in [2.45, 2.75) is 6.42 Å². The molecular formula is C16H20ClN3O3. The van der Waals surface area contributed by atoms with Gasteiger partial charge in [0.1, 0.15) is 5.75 Å². The average Bonchev–Trinajstić information content (AvgIpc) is 2.87. The predicted octanol–water partition coefficient (Wildman–Crippen LogP) is 1.04. The first-order valence-electron chi connectivity index (χ1n) is 7.71. The van der Waals surface area contributed by atoms with Crippen molar-refractivity contribution in [2.24, 2.45) is 11.8 Å². The Balaban J connectivity index is 1.67. The first-order valence-corrected chi connectivity index (χ1v) is 8.08. The molecule has 0 radical (unpaired) electrons. The van der Waals surface area contributed by atoms with E-state index in [1.165, 1.54) is 0 Å². The quantitative estimate of drug-likeness (QED) is 0.842. The summed E-state index contributed by atoms with van der Waals surface area (Å²) >= 11 is 6.03. The van der Waals surface area contributed by atoms with Gasteiger partial charge in [-0.1, -0.05) is 11.6 Å². The predicted molar refractivity (Wildman–Crippen MR) is 87.8 cm³/mol. The zero-order chi connectivity index (χ0) is 16.4. The lowest BCUT2D eigenvalue weighted by atomic mass is 10.0. The molecule has 0 bridgehead atoms. The number of halogens is 1. The summed E-state index contributed by atoms with van der Waals surface area (Å²) in [6.45, 7) is 2.90. The molecule has 0 aromatic heterocycles. The maximum Gasteiger partial charge on any atom is 0.227 e. The molecule has 2 amide bonds. The highest BCUT2D eigenvalue weighted by Crippen LogP contribution is 2.35. The van der Waals surface area contributed by atoms with Crippen LogP contribution in [0.25, 0.3) is 0 Å². The molecule has 2 saturated heterocycles. The fourth-order valence-corrected chi connectivity index (χ4v) is 3.04. The molecule has 7 heteroatoms. The van der Waals surface area contributed by atoms with Crippen molar-refractivity contribution in [2.75, 3.05) is 38.2 Å². The zero-order valence-electron chi connectivity index (χ0n) is 13.0. The number of ether oxygens (including phenoxy) is 1. The van der Waals surface area contributed by atoms with Crippen molar-refractivity contribution in [1.82, 2.24) is 10.6 Å². The van der Waals surface area contributed by atoms with E-state index in [4.69, 9.17) is 16.3 Å². The number of amides is 2. The molecule has 2 fully saturated rings. The Hall–Kier alpha value is -1.79. The molecule has 2 N–H and O–H groups in total. The molecule has 1 atom stereocenters. The van der Waals surface area contributed by atoms with Gasteiger partial charge in [-0.2, -0.15) is 0 Å². The summed E-state index contributed by atoms with van der Waals surface area (Å²) in [5.74, 6) is 0.591. The van der Waals surface area contributed by atoms with Crippen LogP contribution in [-0.4, -0.2) is 45.1 Å². The van der Waals surface area contributed by atoms with E-state index >= 15 is 0 Å². The normalized spacial score (nSPS) is 21.2. The summed E-state index contributed by atoms with van der Waals surface area (Å²) < 4.78 is 5.30. The van der Waals surface area contributed by atoms with Gasteiger partial charge in [0.2, 0.25) is 11.8 Å². The minimum atomic E-state index is -0.334. The van der Waals surface area contributed by atoms with Gasteiger partial charge in [-0.3, -0.25) is 9.59 Å². The van der Waals surface area contributed by atoms with E-state index < -0.39 is 0 Å². The highest BCUT2D eigenvalue weighted by atomic mass is 35.5. The molecule has 1 aromatic rings. The number of nitrogens with zero attached hydrogens (tertiary/aromatic N) is 1. The number of nitrogens with one attached hydrogen (secondary N) is 2. The van der Waals surface area contributed by atoms with Crippen LogP contribution in [0.1, 0.15) is 6.42 Å². The Morgan fingerprint density at radius 2 is 2.26 bits per heavy atom. The minimum Gasteiger partial charge on any atom is -0.495 e. The maximum atomic E-state index is 12.3. The standard InChI is InChI=1S/C16H20ClN3O3/c1-23-14-3-2-12(17)5-13(14)20-9-11(4-15(20)21)16(22)19-8-10-6-18-7-10/h2-3,5,10-11,18H,4,6-9H2,1H3,(H,19,22). The Morgan fingerprint density at radius 3 is 2.91 bits per heavy atom. The van der Waals surface area contributed by atoms with E-state index in [1.54, 1.807) is 30.2 Å². The summed E-state index contributed by atoms with van der Waals surface area (Å²) in [6.07, 6.45) is 0.213. The summed E-state index contributed by atoms with van der Waals surface area (Å²) in [7, 11) is 1.55. The Labute approximate surface area is 140 Å². The second-order valence-corrected chi connectivity index (χ2v) is 6.43. The van der Waals surface area contributed by atoms with Crippen LogP contribution in [-0.2, 0) is 9.59 Å². The van der Waals surface area contributed by atoms with Crippen LogP contribution in [0, 0.1) is 11.8 Å². The molecule has 124 valence electrons. The lowest BCUT2D eigenvalue weighted by molar-refractivity contribution is -0.126. The number of benzene rings is 1. The van der Waals surface area contributed by atoms with E-state index in [1.807, 2.05) is 0 Å². The molecule has 3 rings (SSSR count).